The third-order valence-electron chi connectivity index (χ3n) is 6.17. The van der Waals surface area contributed by atoms with E-state index in [4.69, 9.17) is 0 Å². The smallest absolute Gasteiger partial charge is 0.167 e. The highest BCUT2D eigenvalue weighted by Gasteiger charge is 2.49. The highest BCUT2D eigenvalue weighted by atomic mass is 19.2. The van der Waals surface area contributed by atoms with Crippen LogP contribution in [-0.4, -0.2) is 0 Å². The second-order valence-corrected chi connectivity index (χ2v) is 7.26. The molecule has 1 aromatic carbocycles. The molecule has 3 fully saturated rings. The number of fused-ring (bicyclic) bond motifs is 3. The van der Waals surface area contributed by atoms with Gasteiger partial charge in [-0.15, -0.1) is 0 Å². The van der Waals surface area contributed by atoms with Gasteiger partial charge in [0.1, 0.15) is 0 Å². The average molecular weight is 291 g/mol. The first-order chi connectivity index (χ1) is 10.1. The summed E-state index contributed by atoms with van der Waals surface area (Å²) in [5.74, 6) is -1.47. The molecule has 115 valence electrons. The van der Waals surface area contributed by atoms with Crippen molar-refractivity contribution in [2.75, 3.05) is 0 Å². The quantitative estimate of drug-likeness (QED) is 0.589. The highest BCUT2D eigenvalue weighted by molar-refractivity contribution is 5.30. The van der Waals surface area contributed by atoms with Gasteiger partial charge in [0.15, 0.2) is 11.6 Å². The molecule has 3 saturated carbocycles. The molecule has 3 aliphatic rings. The van der Waals surface area contributed by atoms with Gasteiger partial charge in [0, 0.05) is 6.07 Å². The Kier molecular flexibility index (Phi) is 4.07. The Morgan fingerprint density at radius 2 is 1.71 bits per heavy atom. The number of hydrogen-bond donors (Lipinski definition) is 0. The first kappa shape index (κ1) is 15.0. The van der Waals surface area contributed by atoms with Crippen LogP contribution in [0.1, 0.15) is 76.7 Å². The van der Waals surface area contributed by atoms with Crippen LogP contribution < -0.4 is 0 Å². The summed E-state index contributed by atoms with van der Waals surface area (Å²) in [5.41, 5.74) is 1.01. The number of unbranched alkanes of at least 4 members (excludes halogenated alkanes) is 2. The van der Waals surface area contributed by atoms with E-state index in [-0.39, 0.29) is 5.41 Å². The van der Waals surface area contributed by atoms with E-state index in [9.17, 15) is 8.78 Å². The van der Waals surface area contributed by atoms with Crippen LogP contribution in [0, 0.1) is 23.1 Å². The Morgan fingerprint density at radius 3 is 2.33 bits per heavy atom. The van der Waals surface area contributed by atoms with Gasteiger partial charge in [-0.05, 0) is 61.3 Å². The van der Waals surface area contributed by atoms with Crippen LogP contribution in [0.5, 0.6) is 0 Å². The largest absolute Gasteiger partial charge is 0.203 e. The second kappa shape index (κ2) is 5.70. The summed E-state index contributed by atoms with van der Waals surface area (Å²) >= 11 is 0. The first-order valence-corrected chi connectivity index (χ1v) is 8.47. The highest BCUT2D eigenvalue weighted by Crippen LogP contribution is 2.59. The second-order valence-electron chi connectivity index (χ2n) is 7.26. The Morgan fingerprint density at radius 1 is 1.05 bits per heavy atom. The summed E-state index contributed by atoms with van der Waals surface area (Å²) in [6, 6.07) is 5.63. The van der Waals surface area contributed by atoms with Gasteiger partial charge in [-0.3, -0.25) is 0 Å². The van der Waals surface area contributed by atoms with Crippen LogP contribution in [0.4, 0.5) is 8.78 Å². The Hall–Kier alpha value is -0.920. The van der Waals surface area contributed by atoms with Crippen LogP contribution in [-0.2, 0) is 5.41 Å². The fourth-order valence-corrected chi connectivity index (χ4v) is 4.65. The van der Waals surface area contributed by atoms with Crippen molar-refractivity contribution in [3.05, 3.63) is 35.4 Å². The summed E-state index contributed by atoms with van der Waals surface area (Å²) in [6.07, 6.45) is 11.9. The topological polar surface area (TPSA) is 0 Å². The maximum absolute atomic E-state index is 14.2. The molecule has 21 heavy (non-hydrogen) atoms. The lowest BCUT2D eigenvalue weighted by Gasteiger charge is -2.54. The van der Waals surface area contributed by atoms with Gasteiger partial charge in [-0.2, -0.15) is 0 Å². The van der Waals surface area contributed by atoms with E-state index in [0.717, 1.165) is 19.3 Å². The summed E-state index contributed by atoms with van der Waals surface area (Å²) in [4.78, 5) is 0. The van der Waals surface area contributed by atoms with Crippen LogP contribution >= 0.6 is 0 Å². The lowest BCUT2D eigenvalue weighted by atomic mass is 9.51. The minimum Gasteiger partial charge on any atom is -0.203 e. The fraction of sp³-hybridized carbons (Fsp3) is 0.684. The van der Waals surface area contributed by atoms with Gasteiger partial charge in [0.2, 0.25) is 0 Å². The van der Waals surface area contributed by atoms with E-state index in [0.29, 0.717) is 11.0 Å². The maximum atomic E-state index is 14.2. The van der Waals surface area contributed by atoms with Gasteiger partial charge in [0.05, 0.1) is 0 Å². The molecular weight excluding hydrogens is 266 g/mol. The van der Waals surface area contributed by atoms with Gasteiger partial charge < -0.3 is 0 Å². The van der Waals surface area contributed by atoms with Crippen molar-refractivity contribution >= 4 is 0 Å². The number of halogens is 2. The Labute approximate surface area is 126 Å². The summed E-state index contributed by atoms with van der Waals surface area (Å²) in [5, 5.41) is 0. The number of benzene rings is 1. The van der Waals surface area contributed by atoms with Crippen LogP contribution in [0.15, 0.2) is 12.1 Å². The summed E-state index contributed by atoms with van der Waals surface area (Å²) in [7, 11) is 0. The standard InChI is InChI=1S/C19H25F2/c1-2-3-4-8-18-9-12-19(13-10-18,14-11-18)15-6-5-7-16(20)17(15)21/h5-6H,2-4,8-14H2,1H3. The van der Waals surface area contributed by atoms with E-state index < -0.39 is 11.6 Å². The number of hydrogen-bond acceptors (Lipinski definition) is 0. The molecule has 0 saturated heterocycles. The zero-order chi connectivity index (χ0) is 14.9. The van der Waals surface area contributed by atoms with Gasteiger partial charge in [-0.1, -0.05) is 38.3 Å². The van der Waals surface area contributed by atoms with Gasteiger partial charge in [0.25, 0.3) is 0 Å². The zero-order valence-corrected chi connectivity index (χ0v) is 13.0. The minimum absolute atomic E-state index is 0.105. The molecule has 0 aromatic heterocycles. The van der Waals surface area contributed by atoms with Gasteiger partial charge in [-0.25, -0.2) is 8.78 Å². The molecule has 0 spiro atoms. The SMILES string of the molecule is CCCCCC12CCC(c3cc[c]c(F)c3F)(CC1)CC2. The number of rotatable bonds is 5. The maximum Gasteiger partial charge on any atom is 0.167 e. The Bertz CT molecular complexity index is 482. The van der Waals surface area contributed by atoms with E-state index in [2.05, 4.69) is 13.0 Å². The molecule has 3 aliphatic carbocycles. The summed E-state index contributed by atoms with van der Waals surface area (Å²) in [6.45, 7) is 2.24. The predicted octanol–water partition coefficient (Wildman–Crippen LogP) is 5.94. The lowest BCUT2D eigenvalue weighted by Crippen LogP contribution is -2.44. The molecular formula is C19H25F2. The third-order valence-corrected chi connectivity index (χ3v) is 6.17. The minimum atomic E-state index is -0.813. The predicted molar refractivity (Wildman–Crippen MR) is 81.1 cm³/mol. The monoisotopic (exact) mass is 291 g/mol. The fourth-order valence-electron chi connectivity index (χ4n) is 4.65. The lowest BCUT2D eigenvalue weighted by molar-refractivity contribution is 0.0286. The van der Waals surface area contributed by atoms with Crippen molar-refractivity contribution in [3.8, 4) is 0 Å². The van der Waals surface area contributed by atoms with E-state index in [1.54, 1.807) is 12.1 Å². The molecule has 4 rings (SSSR count). The molecule has 2 bridgehead atoms. The molecule has 2 heteroatoms. The van der Waals surface area contributed by atoms with Crippen molar-refractivity contribution in [2.24, 2.45) is 5.41 Å². The third kappa shape index (κ3) is 2.62. The van der Waals surface area contributed by atoms with Gasteiger partial charge >= 0.3 is 0 Å². The van der Waals surface area contributed by atoms with Crippen molar-refractivity contribution < 1.29 is 8.78 Å². The first-order valence-electron chi connectivity index (χ1n) is 8.47. The van der Waals surface area contributed by atoms with Crippen LogP contribution in [0.25, 0.3) is 0 Å². The molecule has 1 radical (unpaired) electrons. The average Bonchev–Trinajstić information content (AvgIpc) is 2.52. The molecule has 0 N–H and O–H groups in total. The summed E-state index contributed by atoms with van der Waals surface area (Å²) < 4.78 is 27.7. The van der Waals surface area contributed by atoms with Crippen LogP contribution in [0.2, 0.25) is 0 Å². The molecule has 0 amide bonds. The van der Waals surface area contributed by atoms with Crippen molar-refractivity contribution in [3.63, 3.8) is 0 Å². The van der Waals surface area contributed by atoms with Crippen LogP contribution in [0.3, 0.4) is 0 Å². The van der Waals surface area contributed by atoms with E-state index >= 15 is 0 Å². The van der Waals surface area contributed by atoms with E-state index in [1.165, 1.54) is 44.9 Å². The molecule has 0 nitrogen and oxygen atoms in total. The molecule has 1 aromatic rings. The van der Waals surface area contributed by atoms with Crippen molar-refractivity contribution in [1.29, 1.82) is 0 Å². The van der Waals surface area contributed by atoms with E-state index in [1.807, 2.05) is 0 Å². The zero-order valence-electron chi connectivity index (χ0n) is 13.0. The normalized spacial score (nSPS) is 31.6. The molecule has 0 heterocycles. The van der Waals surface area contributed by atoms with Crippen molar-refractivity contribution in [2.45, 2.75) is 76.5 Å². The molecule has 0 unspecified atom stereocenters. The molecule has 0 aliphatic heterocycles. The Balaban J connectivity index is 1.75. The van der Waals surface area contributed by atoms with Crippen molar-refractivity contribution in [1.82, 2.24) is 0 Å². The molecule has 0 atom stereocenters.